The summed E-state index contributed by atoms with van der Waals surface area (Å²) in [7, 11) is 0. The molecule has 3 nitrogen and oxygen atoms in total. The first-order chi connectivity index (χ1) is 13.2. The number of hydrogen-bond acceptors (Lipinski definition) is 4. The molecule has 1 heterocycles. The van der Waals surface area contributed by atoms with Gasteiger partial charge >= 0.3 is 0 Å². The Balaban J connectivity index is 2.09. The second-order valence-corrected chi connectivity index (χ2v) is 8.22. The van der Waals surface area contributed by atoms with Crippen molar-refractivity contribution in [3.8, 4) is 17.2 Å². The highest BCUT2D eigenvalue weighted by Crippen LogP contribution is 2.35. The molecule has 1 aromatic carbocycles. The lowest BCUT2D eigenvalue weighted by Crippen LogP contribution is -2.09. The van der Waals surface area contributed by atoms with Crippen LogP contribution in [0.2, 0.25) is 0 Å². The van der Waals surface area contributed by atoms with E-state index in [0.29, 0.717) is 11.4 Å². The van der Waals surface area contributed by atoms with Crippen molar-refractivity contribution in [3.05, 3.63) is 41.1 Å². The van der Waals surface area contributed by atoms with Gasteiger partial charge in [-0.05, 0) is 55.2 Å². The van der Waals surface area contributed by atoms with Gasteiger partial charge in [-0.1, -0.05) is 50.7 Å². The van der Waals surface area contributed by atoms with Crippen LogP contribution < -0.4 is 5.73 Å². The zero-order chi connectivity index (χ0) is 19.1. The lowest BCUT2D eigenvalue weighted by atomic mass is 9.89. The maximum Gasteiger partial charge on any atom is 0.142 e. The Hall–Kier alpha value is -1.99. The molecule has 0 fully saturated rings. The molecule has 2 N–H and O–H groups in total. The number of nitrogens with two attached hydrogens (primary N) is 1. The third-order valence-corrected chi connectivity index (χ3v) is 6.24. The van der Waals surface area contributed by atoms with Crippen molar-refractivity contribution in [2.75, 3.05) is 12.0 Å². The second-order valence-electron chi connectivity index (χ2n) is 7.34. The highest BCUT2D eigenvalue weighted by Gasteiger charge is 2.20. The van der Waals surface area contributed by atoms with Crippen molar-refractivity contribution in [2.45, 2.75) is 69.1 Å². The zero-order valence-corrected chi connectivity index (χ0v) is 17.1. The van der Waals surface area contributed by atoms with Crippen molar-refractivity contribution in [1.29, 1.82) is 5.26 Å². The summed E-state index contributed by atoms with van der Waals surface area (Å²) in [6.45, 7) is 0. The van der Waals surface area contributed by atoms with Crippen LogP contribution in [0.5, 0.6) is 0 Å². The number of nitrogen functional groups attached to an aromatic ring is 1. The Bertz CT molecular complexity index is 806. The number of benzene rings is 1. The van der Waals surface area contributed by atoms with Crippen LogP contribution in [0.25, 0.3) is 11.1 Å². The predicted molar refractivity (Wildman–Crippen MR) is 115 cm³/mol. The van der Waals surface area contributed by atoms with E-state index in [-0.39, 0.29) is 0 Å². The number of aryl methyl sites for hydroxylation is 1. The summed E-state index contributed by atoms with van der Waals surface area (Å²) in [5, 5.41) is 9.80. The number of thioether (sulfide) groups is 1. The summed E-state index contributed by atoms with van der Waals surface area (Å²) < 4.78 is 0. The molecule has 2 aromatic rings. The van der Waals surface area contributed by atoms with Gasteiger partial charge in [0.2, 0.25) is 0 Å². The van der Waals surface area contributed by atoms with Crippen molar-refractivity contribution in [3.63, 3.8) is 0 Å². The summed E-state index contributed by atoms with van der Waals surface area (Å²) in [5.41, 5.74) is 11.2. The van der Waals surface area contributed by atoms with Crippen LogP contribution in [-0.4, -0.2) is 11.2 Å². The number of anilines is 1. The van der Waals surface area contributed by atoms with E-state index in [1.807, 2.05) is 0 Å². The molecule has 1 aliphatic carbocycles. The highest BCUT2D eigenvalue weighted by molar-refractivity contribution is 7.98. The minimum Gasteiger partial charge on any atom is -0.383 e. The number of nitriles is 1. The quantitative estimate of drug-likeness (QED) is 0.636. The fourth-order valence-corrected chi connectivity index (χ4v) is 4.42. The molecule has 1 aromatic heterocycles. The smallest absolute Gasteiger partial charge is 0.142 e. The highest BCUT2D eigenvalue weighted by atomic mass is 32.2. The molecule has 0 bridgehead atoms. The second kappa shape index (κ2) is 9.80. The molecule has 0 saturated carbocycles. The van der Waals surface area contributed by atoms with Gasteiger partial charge in [0.25, 0.3) is 0 Å². The number of aromatic nitrogens is 1. The maximum absolute atomic E-state index is 9.80. The molecule has 0 spiro atoms. The van der Waals surface area contributed by atoms with Crippen LogP contribution in [0.3, 0.4) is 0 Å². The molecular weight excluding hydrogens is 350 g/mol. The molecule has 0 unspecified atom stereocenters. The fraction of sp³-hybridized carbons (Fsp3) is 0.478. The number of fused-ring (bicyclic) bond motifs is 1. The van der Waals surface area contributed by atoms with E-state index in [2.05, 4.69) is 41.6 Å². The van der Waals surface area contributed by atoms with Gasteiger partial charge in [0.15, 0.2) is 0 Å². The summed E-state index contributed by atoms with van der Waals surface area (Å²) >= 11 is 1.73. The number of rotatable bonds is 2. The molecule has 0 radical (unpaired) electrons. The Morgan fingerprint density at radius 1 is 0.926 bits per heavy atom. The van der Waals surface area contributed by atoms with Crippen LogP contribution in [0.4, 0.5) is 5.82 Å². The Morgan fingerprint density at radius 2 is 1.52 bits per heavy atom. The van der Waals surface area contributed by atoms with Gasteiger partial charge in [0.1, 0.15) is 17.5 Å². The van der Waals surface area contributed by atoms with E-state index in [4.69, 9.17) is 5.73 Å². The minimum atomic E-state index is 0.382. The van der Waals surface area contributed by atoms with E-state index >= 15 is 0 Å². The van der Waals surface area contributed by atoms with Crippen molar-refractivity contribution >= 4 is 17.6 Å². The molecule has 4 heteroatoms. The average Bonchev–Trinajstić information content (AvgIpc) is 2.68. The summed E-state index contributed by atoms with van der Waals surface area (Å²) in [5.74, 6) is 0.382. The number of pyridine rings is 1. The third-order valence-electron chi connectivity index (χ3n) is 5.49. The predicted octanol–water partition coefficient (Wildman–Crippen LogP) is 6.14. The van der Waals surface area contributed by atoms with Crippen LogP contribution in [0.1, 0.15) is 68.2 Å². The monoisotopic (exact) mass is 379 g/mol. The van der Waals surface area contributed by atoms with Gasteiger partial charge < -0.3 is 5.73 Å². The normalized spacial score (nSPS) is 15.9. The fourth-order valence-electron chi connectivity index (χ4n) is 4.01. The first-order valence-electron chi connectivity index (χ1n) is 10.1. The van der Waals surface area contributed by atoms with E-state index in [9.17, 15) is 5.26 Å². The van der Waals surface area contributed by atoms with Crippen LogP contribution in [0, 0.1) is 11.3 Å². The maximum atomic E-state index is 9.80. The molecule has 1 aliphatic rings. The van der Waals surface area contributed by atoms with Gasteiger partial charge in [0.05, 0.1) is 0 Å². The first kappa shape index (κ1) is 19.8. The number of nitrogens with zero attached hydrogens (tertiary/aromatic N) is 2. The van der Waals surface area contributed by atoms with Gasteiger partial charge in [0, 0.05) is 16.2 Å². The summed E-state index contributed by atoms with van der Waals surface area (Å²) in [6.07, 6.45) is 14.1. The van der Waals surface area contributed by atoms with E-state index in [1.54, 1.807) is 11.8 Å². The Kier molecular flexibility index (Phi) is 7.18. The molecule has 0 aliphatic heterocycles. The summed E-state index contributed by atoms with van der Waals surface area (Å²) in [4.78, 5) is 5.91. The van der Waals surface area contributed by atoms with E-state index in [0.717, 1.165) is 42.5 Å². The molecule has 0 atom stereocenters. The zero-order valence-electron chi connectivity index (χ0n) is 16.3. The first-order valence-corrected chi connectivity index (χ1v) is 11.3. The van der Waals surface area contributed by atoms with Crippen molar-refractivity contribution in [1.82, 2.24) is 4.98 Å². The van der Waals surface area contributed by atoms with Crippen LogP contribution in [-0.2, 0) is 12.8 Å². The third kappa shape index (κ3) is 4.84. The van der Waals surface area contributed by atoms with Crippen molar-refractivity contribution in [2.24, 2.45) is 0 Å². The molecular formula is C23H29N3S. The van der Waals surface area contributed by atoms with Gasteiger partial charge in [-0.3, -0.25) is 0 Å². The number of hydrogen-bond donors (Lipinski definition) is 1. The Morgan fingerprint density at radius 3 is 2.11 bits per heavy atom. The lowest BCUT2D eigenvalue weighted by Gasteiger charge is -2.18. The van der Waals surface area contributed by atoms with Crippen LogP contribution in [0.15, 0.2) is 29.2 Å². The lowest BCUT2D eigenvalue weighted by molar-refractivity contribution is 0.557. The molecule has 142 valence electrons. The Labute approximate surface area is 167 Å². The average molecular weight is 380 g/mol. The van der Waals surface area contributed by atoms with Crippen molar-refractivity contribution < 1.29 is 0 Å². The van der Waals surface area contributed by atoms with Gasteiger partial charge in [-0.2, -0.15) is 5.26 Å². The molecule has 27 heavy (non-hydrogen) atoms. The van der Waals surface area contributed by atoms with Crippen LogP contribution >= 0.6 is 11.8 Å². The summed E-state index contributed by atoms with van der Waals surface area (Å²) in [6, 6.07) is 10.8. The molecule has 0 amide bonds. The van der Waals surface area contributed by atoms with E-state index < -0.39 is 0 Å². The van der Waals surface area contributed by atoms with E-state index in [1.165, 1.54) is 49.0 Å². The topological polar surface area (TPSA) is 62.7 Å². The SMILES string of the molecule is CSc1ccc(-c2c(C#N)c(N)nc3c2CCCCCCCCCC3)cc1. The molecule has 0 saturated heterocycles. The standard InChI is InChI=1S/C23H29N3S/c1-27-18-14-12-17(13-15-18)22-19-10-8-6-4-2-3-5-7-9-11-21(19)26-23(25)20(22)16-24/h12-15H,2-11H2,1H3,(H2,25,26). The minimum absolute atomic E-state index is 0.382. The van der Waals surface area contributed by atoms with Gasteiger partial charge in [-0.25, -0.2) is 4.98 Å². The van der Waals surface area contributed by atoms with Gasteiger partial charge in [-0.15, -0.1) is 11.8 Å². The molecule has 3 rings (SSSR count). The largest absolute Gasteiger partial charge is 0.383 e.